The molecule has 4 aromatic rings. The third-order valence-electron chi connectivity index (χ3n) is 6.12. The molecule has 1 aliphatic heterocycles. The van der Waals surface area contributed by atoms with Crippen molar-refractivity contribution in [2.75, 3.05) is 7.11 Å². The summed E-state index contributed by atoms with van der Waals surface area (Å²) in [6.45, 7) is 0.202. The minimum absolute atomic E-state index is 0.0704. The first-order valence-corrected chi connectivity index (χ1v) is 10.9. The second kappa shape index (κ2) is 8.83. The molecule has 1 saturated heterocycles. The average Bonchev–Trinajstić information content (AvgIpc) is 3.14. The molecule has 0 aliphatic carbocycles. The number of amides is 1. The number of rotatable bonds is 5. The highest BCUT2D eigenvalue weighted by Gasteiger charge is 2.46. The summed E-state index contributed by atoms with van der Waals surface area (Å²) in [7, 11) is 1.59. The van der Waals surface area contributed by atoms with Gasteiger partial charge in [-0.25, -0.2) is 0 Å². The first-order valence-electron chi connectivity index (χ1n) is 10.9. The van der Waals surface area contributed by atoms with Gasteiger partial charge in [0.2, 0.25) is 0 Å². The minimum atomic E-state index is -0.746. The number of hydrogen-bond acceptors (Lipinski definition) is 5. The van der Waals surface area contributed by atoms with E-state index < -0.39 is 17.7 Å². The van der Waals surface area contributed by atoms with Gasteiger partial charge in [0.25, 0.3) is 11.7 Å². The third-order valence-corrected chi connectivity index (χ3v) is 6.12. The molecule has 1 N–H and O–H groups in total. The van der Waals surface area contributed by atoms with Crippen LogP contribution in [0.4, 0.5) is 0 Å². The van der Waals surface area contributed by atoms with Crippen molar-refractivity contribution in [1.29, 1.82) is 0 Å². The third kappa shape index (κ3) is 3.69. The zero-order chi connectivity index (χ0) is 23.7. The van der Waals surface area contributed by atoms with E-state index in [4.69, 9.17) is 4.74 Å². The van der Waals surface area contributed by atoms with Gasteiger partial charge >= 0.3 is 0 Å². The number of methoxy groups -OCH3 is 1. The smallest absolute Gasteiger partial charge is 0.295 e. The van der Waals surface area contributed by atoms with Gasteiger partial charge in [0, 0.05) is 24.5 Å². The van der Waals surface area contributed by atoms with E-state index in [1.807, 2.05) is 60.7 Å². The minimum Gasteiger partial charge on any atom is -0.507 e. The maximum Gasteiger partial charge on any atom is 0.295 e. The van der Waals surface area contributed by atoms with Gasteiger partial charge in [-0.3, -0.25) is 14.6 Å². The monoisotopic (exact) mass is 450 g/mol. The van der Waals surface area contributed by atoms with E-state index in [1.165, 1.54) is 4.90 Å². The fraction of sp³-hybridized carbons (Fsp3) is 0.107. The summed E-state index contributed by atoms with van der Waals surface area (Å²) < 4.78 is 5.22. The number of likely N-dealkylation sites (tertiary alicyclic amines) is 1. The fourth-order valence-corrected chi connectivity index (χ4v) is 4.44. The summed E-state index contributed by atoms with van der Waals surface area (Å²) in [4.78, 5) is 32.1. The zero-order valence-electron chi connectivity index (χ0n) is 18.5. The topological polar surface area (TPSA) is 79.7 Å². The van der Waals surface area contributed by atoms with Crippen molar-refractivity contribution in [3.05, 3.63) is 114 Å². The lowest BCUT2D eigenvalue weighted by molar-refractivity contribution is -0.140. The highest BCUT2D eigenvalue weighted by molar-refractivity contribution is 6.46. The highest BCUT2D eigenvalue weighted by atomic mass is 16.5. The summed E-state index contributed by atoms with van der Waals surface area (Å²) in [6.07, 6.45) is 3.22. The lowest BCUT2D eigenvalue weighted by Gasteiger charge is -2.25. The van der Waals surface area contributed by atoms with Crippen LogP contribution in [0.1, 0.15) is 22.7 Å². The number of carbonyl (C=O) groups excluding carboxylic acids is 2. The molecule has 1 aromatic heterocycles. The summed E-state index contributed by atoms with van der Waals surface area (Å²) in [5, 5.41) is 13.2. The Morgan fingerprint density at radius 3 is 2.38 bits per heavy atom. The van der Waals surface area contributed by atoms with Gasteiger partial charge in [-0.05, 0) is 46.2 Å². The molecule has 0 saturated carbocycles. The van der Waals surface area contributed by atoms with Crippen LogP contribution in [0.5, 0.6) is 5.75 Å². The van der Waals surface area contributed by atoms with Crippen molar-refractivity contribution in [3.8, 4) is 5.75 Å². The Labute approximate surface area is 196 Å². The Hall–Kier alpha value is -4.45. The van der Waals surface area contributed by atoms with Gasteiger partial charge in [-0.15, -0.1) is 0 Å². The normalized spacial score (nSPS) is 17.3. The van der Waals surface area contributed by atoms with Crippen LogP contribution in [0.25, 0.3) is 16.5 Å². The molecule has 1 atom stereocenters. The van der Waals surface area contributed by atoms with Crippen molar-refractivity contribution in [3.63, 3.8) is 0 Å². The van der Waals surface area contributed by atoms with Crippen LogP contribution in [-0.4, -0.2) is 33.8 Å². The van der Waals surface area contributed by atoms with Crippen LogP contribution in [0.3, 0.4) is 0 Å². The van der Waals surface area contributed by atoms with Crippen LogP contribution in [0.15, 0.2) is 96.8 Å². The molecule has 2 heterocycles. The molecule has 168 valence electrons. The standard InChI is InChI=1S/C28H22N2O4/c1-34-21-11-9-18(10-12-21)17-30-25(20-13-15-29-16-14-20)24(27(32)28(30)33)26(31)23-8-4-6-19-5-2-3-7-22(19)23/h2-16,25,31H,17H2,1H3/b26-24-. The van der Waals surface area contributed by atoms with Crippen LogP contribution in [-0.2, 0) is 16.1 Å². The SMILES string of the molecule is COc1ccc(CN2C(=O)C(=O)/C(=C(\O)c3cccc4ccccc34)C2c2ccncc2)cc1. The van der Waals surface area contributed by atoms with Gasteiger partial charge in [0.1, 0.15) is 11.5 Å². The summed E-state index contributed by atoms with van der Waals surface area (Å²) in [6, 6.07) is 23.2. The molecule has 3 aromatic carbocycles. The van der Waals surface area contributed by atoms with Crippen molar-refractivity contribution in [2.24, 2.45) is 0 Å². The number of benzene rings is 3. The van der Waals surface area contributed by atoms with Gasteiger partial charge in [0.05, 0.1) is 18.7 Å². The first-order chi connectivity index (χ1) is 16.6. The van der Waals surface area contributed by atoms with E-state index in [0.717, 1.165) is 16.3 Å². The first kappa shape index (κ1) is 21.4. The Morgan fingerprint density at radius 2 is 1.65 bits per heavy atom. The van der Waals surface area contributed by atoms with E-state index in [2.05, 4.69) is 4.98 Å². The van der Waals surface area contributed by atoms with Crippen molar-refractivity contribution < 1.29 is 19.4 Å². The molecule has 5 rings (SSSR count). The number of Topliss-reactive ketones (excluding diaryl/α,β-unsaturated/α-hetero) is 1. The van der Waals surface area contributed by atoms with Gasteiger partial charge in [0.15, 0.2) is 0 Å². The highest BCUT2D eigenvalue weighted by Crippen LogP contribution is 2.41. The molecule has 6 nitrogen and oxygen atoms in total. The number of aliphatic hydroxyl groups is 1. The van der Waals surface area contributed by atoms with E-state index in [0.29, 0.717) is 16.9 Å². The van der Waals surface area contributed by atoms with Gasteiger partial charge in [-0.2, -0.15) is 0 Å². The summed E-state index contributed by atoms with van der Waals surface area (Å²) in [5.41, 5.74) is 2.12. The zero-order valence-corrected chi connectivity index (χ0v) is 18.5. The predicted octanol–water partition coefficient (Wildman–Crippen LogP) is 4.87. The van der Waals surface area contributed by atoms with Gasteiger partial charge < -0.3 is 14.7 Å². The lowest BCUT2D eigenvalue weighted by atomic mass is 9.93. The molecule has 1 fully saturated rings. The fourth-order valence-electron chi connectivity index (χ4n) is 4.44. The van der Waals surface area contributed by atoms with E-state index in [1.54, 1.807) is 37.7 Å². The van der Waals surface area contributed by atoms with E-state index >= 15 is 0 Å². The number of pyridine rings is 1. The Bertz CT molecular complexity index is 1410. The number of aromatic nitrogens is 1. The molecular weight excluding hydrogens is 428 g/mol. The lowest BCUT2D eigenvalue weighted by Crippen LogP contribution is -2.29. The number of nitrogens with zero attached hydrogens (tertiary/aromatic N) is 2. The van der Waals surface area contributed by atoms with Gasteiger partial charge in [-0.1, -0.05) is 54.6 Å². The van der Waals surface area contributed by atoms with Crippen LogP contribution in [0, 0.1) is 0 Å². The maximum absolute atomic E-state index is 13.3. The van der Waals surface area contributed by atoms with Crippen molar-refractivity contribution in [1.82, 2.24) is 9.88 Å². The molecule has 0 radical (unpaired) electrons. The molecule has 34 heavy (non-hydrogen) atoms. The number of ketones is 1. The molecular formula is C28H22N2O4. The number of ether oxygens (including phenoxy) is 1. The van der Waals surface area contributed by atoms with Crippen LogP contribution >= 0.6 is 0 Å². The molecule has 1 aliphatic rings. The number of fused-ring (bicyclic) bond motifs is 1. The van der Waals surface area contributed by atoms with E-state index in [9.17, 15) is 14.7 Å². The molecule has 0 bridgehead atoms. The quantitative estimate of drug-likeness (QED) is 0.267. The van der Waals surface area contributed by atoms with Crippen LogP contribution in [0.2, 0.25) is 0 Å². The average molecular weight is 450 g/mol. The number of aliphatic hydroxyl groups excluding tert-OH is 1. The molecule has 0 spiro atoms. The number of carbonyl (C=O) groups is 2. The van der Waals surface area contributed by atoms with E-state index in [-0.39, 0.29) is 17.9 Å². The van der Waals surface area contributed by atoms with Crippen molar-refractivity contribution >= 4 is 28.2 Å². The Balaban J connectivity index is 1.66. The number of hydrogen-bond donors (Lipinski definition) is 1. The molecule has 1 amide bonds. The molecule has 6 heteroatoms. The summed E-state index contributed by atoms with van der Waals surface area (Å²) in [5.74, 6) is -0.846. The molecule has 1 unspecified atom stereocenters. The summed E-state index contributed by atoms with van der Waals surface area (Å²) >= 11 is 0. The Kier molecular flexibility index (Phi) is 5.55. The largest absolute Gasteiger partial charge is 0.507 e. The van der Waals surface area contributed by atoms with Crippen molar-refractivity contribution in [2.45, 2.75) is 12.6 Å². The van der Waals surface area contributed by atoms with Crippen LogP contribution < -0.4 is 4.74 Å². The Morgan fingerprint density at radius 1 is 0.941 bits per heavy atom. The maximum atomic E-state index is 13.3. The predicted molar refractivity (Wildman–Crippen MR) is 129 cm³/mol. The second-order valence-electron chi connectivity index (χ2n) is 8.08. The second-order valence-corrected chi connectivity index (χ2v) is 8.08.